The lowest BCUT2D eigenvalue weighted by atomic mass is 9.90. The molecule has 3 atom stereocenters. The maximum atomic E-state index is 11.9. The molecule has 2 saturated heterocycles. The number of aliphatic carboxylic acids is 1. The van der Waals surface area contributed by atoms with Crippen LogP contribution in [0.25, 0.3) is 0 Å². The van der Waals surface area contributed by atoms with Crippen molar-refractivity contribution in [2.45, 2.75) is 44.4 Å². The minimum Gasteiger partial charge on any atom is -0.480 e. The average molecular weight is 326 g/mol. The number of likely N-dealkylation sites (tertiary alicyclic amines) is 2. The van der Waals surface area contributed by atoms with Crippen LogP contribution >= 0.6 is 0 Å². The SMILES string of the molecule is CNC(=O)N1CCC2CCN([C@H](C(=O)O)C(C)(C)O[C]=O)C2C1. The molecule has 2 unspecified atom stereocenters. The van der Waals surface area contributed by atoms with Gasteiger partial charge in [0.15, 0.2) is 0 Å². The van der Waals surface area contributed by atoms with Crippen LogP contribution in [0.5, 0.6) is 0 Å². The van der Waals surface area contributed by atoms with Crippen LogP contribution in [-0.2, 0) is 14.3 Å². The second-order valence-electron chi connectivity index (χ2n) is 6.67. The fourth-order valence-corrected chi connectivity index (χ4v) is 3.84. The van der Waals surface area contributed by atoms with Gasteiger partial charge in [-0.05, 0) is 39.2 Å². The molecule has 1 radical (unpaired) electrons. The summed E-state index contributed by atoms with van der Waals surface area (Å²) in [5.74, 6) is -0.684. The van der Waals surface area contributed by atoms with Crippen molar-refractivity contribution in [1.29, 1.82) is 0 Å². The Labute approximate surface area is 135 Å². The highest BCUT2D eigenvalue weighted by Gasteiger charge is 2.50. The summed E-state index contributed by atoms with van der Waals surface area (Å²) < 4.78 is 4.92. The Balaban J connectivity index is 2.21. The first-order valence-electron chi connectivity index (χ1n) is 7.82. The first-order chi connectivity index (χ1) is 10.8. The molecule has 2 aliphatic rings. The third-order valence-corrected chi connectivity index (χ3v) is 4.94. The Bertz CT molecular complexity index is 482. The molecule has 129 valence electrons. The second kappa shape index (κ2) is 6.74. The van der Waals surface area contributed by atoms with Gasteiger partial charge in [0.2, 0.25) is 0 Å². The van der Waals surface area contributed by atoms with Gasteiger partial charge in [0.05, 0.1) is 0 Å². The van der Waals surface area contributed by atoms with Gasteiger partial charge < -0.3 is 20.1 Å². The van der Waals surface area contributed by atoms with E-state index in [1.165, 1.54) is 6.47 Å². The van der Waals surface area contributed by atoms with Crippen LogP contribution < -0.4 is 5.32 Å². The summed E-state index contributed by atoms with van der Waals surface area (Å²) in [6, 6.07) is -1.17. The largest absolute Gasteiger partial charge is 0.480 e. The van der Waals surface area contributed by atoms with Gasteiger partial charge in [-0.15, -0.1) is 0 Å². The van der Waals surface area contributed by atoms with Gasteiger partial charge in [-0.1, -0.05) is 0 Å². The second-order valence-corrected chi connectivity index (χ2v) is 6.67. The predicted octanol–water partition coefficient (Wildman–Crippen LogP) is 0.0376. The molecule has 0 saturated carbocycles. The number of piperidine rings is 1. The zero-order chi connectivity index (χ0) is 17.2. The number of urea groups is 1. The zero-order valence-electron chi connectivity index (χ0n) is 13.7. The first-order valence-corrected chi connectivity index (χ1v) is 7.82. The number of hydrogen-bond acceptors (Lipinski definition) is 5. The smallest absolute Gasteiger partial charge is 0.418 e. The molecule has 0 aromatic rings. The minimum absolute atomic E-state index is 0.0447. The number of fused-ring (bicyclic) bond motifs is 1. The molecule has 0 aliphatic carbocycles. The van der Waals surface area contributed by atoms with Crippen LogP contribution in [0.1, 0.15) is 26.7 Å². The van der Waals surface area contributed by atoms with Gasteiger partial charge in [0.1, 0.15) is 11.6 Å². The number of nitrogens with zero attached hydrogens (tertiary/aromatic N) is 2. The van der Waals surface area contributed by atoms with Gasteiger partial charge in [0.25, 0.3) is 0 Å². The lowest BCUT2D eigenvalue weighted by Gasteiger charge is -2.43. The van der Waals surface area contributed by atoms with E-state index < -0.39 is 17.6 Å². The summed E-state index contributed by atoms with van der Waals surface area (Å²) in [4.78, 5) is 37.9. The molecule has 2 amide bonds. The molecule has 0 aromatic carbocycles. The van der Waals surface area contributed by atoms with Crippen LogP contribution in [0.3, 0.4) is 0 Å². The molecule has 0 spiro atoms. The number of rotatable bonds is 5. The van der Waals surface area contributed by atoms with E-state index in [4.69, 9.17) is 4.74 Å². The molecule has 0 bridgehead atoms. The summed E-state index contributed by atoms with van der Waals surface area (Å²) in [7, 11) is 1.58. The number of carbonyl (C=O) groups excluding carboxylic acids is 2. The summed E-state index contributed by atoms with van der Waals surface area (Å²) in [5, 5.41) is 12.3. The molecular weight excluding hydrogens is 302 g/mol. The first kappa shape index (κ1) is 17.5. The van der Waals surface area contributed by atoms with Gasteiger partial charge in [-0.3, -0.25) is 9.69 Å². The van der Waals surface area contributed by atoms with E-state index in [0.29, 0.717) is 25.6 Å². The highest BCUT2D eigenvalue weighted by atomic mass is 16.5. The Hall–Kier alpha value is -1.83. The molecule has 2 heterocycles. The number of nitrogens with one attached hydrogen (secondary N) is 1. The van der Waals surface area contributed by atoms with E-state index in [9.17, 15) is 19.5 Å². The van der Waals surface area contributed by atoms with E-state index in [-0.39, 0.29) is 12.1 Å². The standard InChI is InChI=1S/C15H24N3O5/c1-15(2,23-9-19)12(13(20)21)18-7-5-10-4-6-17(8-11(10)18)14(22)16-3/h10-12H,4-8H2,1-3H3,(H,16,22)(H,20,21)/t10?,11?,12-/m1/s1. The quantitative estimate of drug-likeness (QED) is 0.740. The maximum absolute atomic E-state index is 11.9. The van der Waals surface area contributed by atoms with Gasteiger partial charge in [0, 0.05) is 26.2 Å². The molecule has 2 N–H and O–H groups in total. The molecule has 8 heteroatoms. The average Bonchev–Trinajstić information content (AvgIpc) is 2.88. The number of amides is 2. The van der Waals surface area contributed by atoms with Crippen LogP contribution in [0.2, 0.25) is 0 Å². The molecule has 2 aliphatic heterocycles. The molecule has 2 fully saturated rings. The van der Waals surface area contributed by atoms with Crippen LogP contribution in [0.15, 0.2) is 0 Å². The van der Waals surface area contributed by atoms with Crippen molar-refractivity contribution in [3.63, 3.8) is 0 Å². The number of ether oxygens (including phenoxy) is 1. The zero-order valence-corrected chi connectivity index (χ0v) is 13.7. The summed E-state index contributed by atoms with van der Waals surface area (Å²) >= 11 is 0. The van der Waals surface area contributed by atoms with Crippen molar-refractivity contribution >= 4 is 18.5 Å². The number of hydrogen-bond donors (Lipinski definition) is 2. The van der Waals surface area contributed by atoms with Gasteiger partial charge in [-0.2, -0.15) is 0 Å². The summed E-state index contributed by atoms with van der Waals surface area (Å²) in [6.45, 7) is 6.27. The number of carboxylic acid groups (broad SMARTS) is 1. The molecular formula is C15H24N3O5. The Morgan fingerprint density at radius 3 is 2.57 bits per heavy atom. The highest BCUT2D eigenvalue weighted by molar-refractivity contribution is 5.76. The van der Waals surface area contributed by atoms with Crippen molar-refractivity contribution in [2.75, 3.05) is 26.7 Å². The molecule has 2 rings (SSSR count). The van der Waals surface area contributed by atoms with Crippen molar-refractivity contribution in [3.05, 3.63) is 0 Å². The van der Waals surface area contributed by atoms with E-state index in [1.807, 2.05) is 4.90 Å². The topological polar surface area (TPSA) is 99.2 Å². The fraction of sp³-hybridized carbons (Fsp3) is 0.800. The minimum atomic E-state index is -1.20. The van der Waals surface area contributed by atoms with E-state index in [1.54, 1.807) is 25.8 Å². The van der Waals surface area contributed by atoms with Crippen molar-refractivity contribution < 1.29 is 24.2 Å². The van der Waals surface area contributed by atoms with E-state index >= 15 is 0 Å². The summed E-state index contributed by atoms with van der Waals surface area (Å²) in [5.41, 5.74) is -1.20. The molecule has 8 nitrogen and oxygen atoms in total. The third kappa shape index (κ3) is 3.41. The van der Waals surface area contributed by atoms with E-state index in [0.717, 1.165) is 12.8 Å². The van der Waals surface area contributed by atoms with Gasteiger partial charge >= 0.3 is 18.5 Å². The third-order valence-electron chi connectivity index (χ3n) is 4.94. The van der Waals surface area contributed by atoms with Crippen LogP contribution in [-0.4, -0.2) is 77.7 Å². The fourth-order valence-electron chi connectivity index (χ4n) is 3.84. The Morgan fingerprint density at radius 1 is 1.35 bits per heavy atom. The lowest BCUT2D eigenvalue weighted by Crippen LogP contribution is -2.61. The maximum Gasteiger partial charge on any atom is 0.418 e. The lowest BCUT2D eigenvalue weighted by molar-refractivity contribution is -0.153. The van der Waals surface area contributed by atoms with Crippen LogP contribution in [0.4, 0.5) is 4.79 Å². The molecule has 23 heavy (non-hydrogen) atoms. The normalized spacial score (nSPS) is 26.3. The van der Waals surface area contributed by atoms with Crippen molar-refractivity contribution in [3.8, 4) is 0 Å². The summed E-state index contributed by atoms with van der Waals surface area (Å²) in [6.07, 6.45) is 1.74. The van der Waals surface area contributed by atoms with Crippen LogP contribution in [0, 0.1) is 5.92 Å². The predicted molar refractivity (Wildman–Crippen MR) is 81.5 cm³/mol. The molecule has 0 aromatic heterocycles. The van der Waals surface area contributed by atoms with Crippen molar-refractivity contribution in [2.24, 2.45) is 5.92 Å². The number of carboxylic acids is 1. The highest BCUT2D eigenvalue weighted by Crippen LogP contribution is 2.36. The monoisotopic (exact) mass is 326 g/mol. The van der Waals surface area contributed by atoms with Crippen molar-refractivity contribution in [1.82, 2.24) is 15.1 Å². The Kier molecular flexibility index (Phi) is 5.13. The van der Waals surface area contributed by atoms with E-state index in [2.05, 4.69) is 5.32 Å². The number of carbonyl (C=O) groups is 2. The Morgan fingerprint density at radius 2 is 2.00 bits per heavy atom. The van der Waals surface area contributed by atoms with Gasteiger partial charge in [-0.25, -0.2) is 9.59 Å².